The van der Waals surface area contributed by atoms with Crippen LogP contribution in [0, 0.1) is 12.7 Å². The van der Waals surface area contributed by atoms with Gasteiger partial charge in [-0.05, 0) is 52.8 Å². The summed E-state index contributed by atoms with van der Waals surface area (Å²) in [6.07, 6.45) is 0. The van der Waals surface area contributed by atoms with Crippen LogP contribution >= 0.6 is 0 Å². The molecule has 1 amide bonds. The minimum Gasteiger partial charge on any atom is -0.384 e. The lowest BCUT2D eigenvalue weighted by molar-refractivity contribution is -0.170. The predicted molar refractivity (Wildman–Crippen MR) is 126 cm³/mol. The number of fused-ring (bicyclic) bond motifs is 2. The van der Waals surface area contributed by atoms with Crippen LogP contribution in [0.3, 0.4) is 0 Å². The summed E-state index contributed by atoms with van der Waals surface area (Å²) in [5, 5.41) is 24.2. The second-order valence-electron chi connectivity index (χ2n) is 9.65. The van der Waals surface area contributed by atoms with Crippen molar-refractivity contribution < 1.29 is 28.2 Å². The van der Waals surface area contributed by atoms with Crippen molar-refractivity contribution in [3.8, 4) is 0 Å². The van der Waals surface area contributed by atoms with Gasteiger partial charge < -0.3 is 20.4 Å². The molecule has 0 saturated carbocycles. The van der Waals surface area contributed by atoms with Crippen molar-refractivity contribution in [2.75, 3.05) is 17.3 Å². The second kappa shape index (κ2) is 7.89. The van der Waals surface area contributed by atoms with Crippen LogP contribution in [0.25, 0.3) is 10.9 Å². The van der Waals surface area contributed by atoms with Crippen LogP contribution in [-0.4, -0.2) is 38.7 Å². The van der Waals surface area contributed by atoms with E-state index < -0.39 is 40.5 Å². The van der Waals surface area contributed by atoms with E-state index in [0.29, 0.717) is 33.8 Å². The van der Waals surface area contributed by atoms with Gasteiger partial charge in [0.2, 0.25) is 0 Å². The van der Waals surface area contributed by atoms with Crippen LogP contribution in [0.5, 0.6) is 0 Å². The van der Waals surface area contributed by atoms with Crippen molar-refractivity contribution in [2.24, 2.45) is 0 Å². The molecule has 0 fully saturated rings. The van der Waals surface area contributed by atoms with Gasteiger partial charge in [-0.1, -0.05) is 12.1 Å². The van der Waals surface area contributed by atoms with Crippen molar-refractivity contribution >= 4 is 28.3 Å². The number of hydrogen-bond acceptors (Lipinski definition) is 6. The van der Waals surface area contributed by atoms with E-state index in [0.717, 1.165) is 19.9 Å². The van der Waals surface area contributed by atoms with Crippen LogP contribution in [0.4, 0.5) is 24.7 Å². The summed E-state index contributed by atoms with van der Waals surface area (Å²) < 4.78 is 44.7. The summed E-state index contributed by atoms with van der Waals surface area (Å²) >= 11 is 0. The van der Waals surface area contributed by atoms with Gasteiger partial charge in [-0.2, -0.15) is 8.78 Å². The Morgan fingerprint density at radius 1 is 1.20 bits per heavy atom. The molecule has 1 aromatic heterocycles. The fourth-order valence-electron chi connectivity index (χ4n) is 4.35. The minimum atomic E-state index is -3.82. The zero-order chi connectivity index (χ0) is 26.1. The first-order valence-corrected chi connectivity index (χ1v) is 11.1. The number of carbonyl (C=O) groups is 1. The Bertz CT molecular complexity index is 1350. The molecule has 35 heavy (non-hydrogen) atoms. The summed E-state index contributed by atoms with van der Waals surface area (Å²) in [4.78, 5) is 22.7. The van der Waals surface area contributed by atoms with E-state index in [2.05, 4.69) is 15.3 Å². The van der Waals surface area contributed by atoms with Gasteiger partial charge in [-0.3, -0.25) is 4.79 Å². The number of aromatic nitrogens is 2. The van der Waals surface area contributed by atoms with Gasteiger partial charge in [0.25, 0.3) is 5.91 Å². The maximum absolute atomic E-state index is 15.3. The quantitative estimate of drug-likeness (QED) is 0.496. The van der Waals surface area contributed by atoms with Gasteiger partial charge in [0.05, 0.1) is 22.8 Å². The van der Waals surface area contributed by atoms with Crippen molar-refractivity contribution in [1.82, 2.24) is 9.97 Å². The fraction of sp³-hybridized carbons (Fsp3) is 0.400. The highest BCUT2D eigenvalue weighted by Crippen LogP contribution is 2.43. The number of halogens is 3. The van der Waals surface area contributed by atoms with E-state index >= 15 is 4.39 Å². The Hall–Kier alpha value is -3.24. The van der Waals surface area contributed by atoms with Crippen LogP contribution in [0.15, 0.2) is 30.3 Å². The van der Waals surface area contributed by atoms with E-state index in [1.165, 1.54) is 24.0 Å². The molecule has 1 unspecified atom stereocenters. The first-order chi connectivity index (χ1) is 16.1. The van der Waals surface area contributed by atoms with Crippen LogP contribution in [-0.2, 0) is 16.3 Å². The molecule has 3 aromatic rings. The monoisotopic (exact) mass is 488 g/mol. The number of benzene rings is 2. The molecular weight excluding hydrogens is 461 g/mol. The molecule has 1 aliphatic heterocycles. The number of rotatable bonds is 5. The molecule has 0 spiro atoms. The molecule has 7 nitrogen and oxygen atoms in total. The van der Waals surface area contributed by atoms with Gasteiger partial charge in [0.15, 0.2) is 5.60 Å². The zero-order valence-corrected chi connectivity index (χ0v) is 20.2. The number of hydrogen-bond donors (Lipinski definition) is 3. The van der Waals surface area contributed by atoms with Crippen molar-refractivity contribution in [2.45, 2.75) is 57.8 Å². The third-order valence-electron chi connectivity index (χ3n) is 6.49. The predicted octanol–water partition coefficient (Wildman–Crippen LogP) is 4.30. The summed E-state index contributed by atoms with van der Waals surface area (Å²) in [6.45, 7) is 6.52. The van der Waals surface area contributed by atoms with E-state index in [9.17, 15) is 23.8 Å². The van der Waals surface area contributed by atoms with E-state index in [4.69, 9.17) is 0 Å². The summed E-state index contributed by atoms with van der Waals surface area (Å²) in [5.41, 5.74) is -3.76. The summed E-state index contributed by atoms with van der Waals surface area (Å²) in [6, 6.07) is 6.13. The number of alkyl halides is 2. The third-order valence-corrected chi connectivity index (χ3v) is 6.49. The average Bonchev–Trinajstić information content (AvgIpc) is 2.91. The topological polar surface area (TPSA) is 98.6 Å². The van der Waals surface area contributed by atoms with Crippen molar-refractivity contribution in [1.29, 1.82) is 0 Å². The minimum absolute atomic E-state index is 0.0350. The summed E-state index contributed by atoms with van der Waals surface area (Å²) in [7, 11) is 1.54. The Morgan fingerprint density at radius 2 is 1.86 bits per heavy atom. The largest absolute Gasteiger partial charge is 0.384 e. The highest BCUT2D eigenvalue weighted by Gasteiger charge is 2.49. The number of nitrogens with zero attached hydrogens (tertiary/aromatic N) is 3. The molecule has 2 aromatic carbocycles. The maximum atomic E-state index is 15.3. The number of carbonyl (C=O) groups excluding carboxylic acids is 1. The number of amides is 1. The lowest BCUT2D eigenvalue weighted by Crippen LogP contribution is -2.41. The average molecular weight is 489 g/mol. The highest BCUT2D eigenvalue weighted by molar-refractivity contribution is 6.09. The van der Waals surface area contributed by atoms with Gasteiger partial charge in [0.1, 0.15) is 23.1 Å². The molecule has 0 bridgehead atoms. The first-order valence-electron chi connectivity index (χ1n) is 11.1. The maximum Gasteiger partial charge on any atom is 0.303 e. The van der Waals surface area contributed by atoms with Crippen LogP contribution in [0.1, 0.15) is 56.3 Å². The summed E-state index contributed by atoms with van der Waals surface area (Å²) in [5.74, 6) is -4.74. The molecule has 186 valence electrons. The molecule has 0 aliphatic carbocycles. The van der Waals surface area contributed by atoms with Crippen LogP contribution < -0.4 is 10.2 Å². The van der Waals surface area contributed by atoms with E-state index in [-0.39, 0.29) is 5.56 Å². The van der Waals surface area contributed by atoms with Gasteiger partial charge in [0, 0.05) is 23.6 Å². The molecule has 0 saturated heterocycles. The number of anilines is 2. The molecule has 4 rings (SSSR count). The lowest BCUT2D eigenvalue weighted by Gasteiger charge is -2.30. The third kappa shape index (κ3) is 3.81. The smallest absolute Gasteiger partial charge is 0.303 e. The standard InChI is InChI=1S/C25H27F3N4O3/c1-12(14-8-7-9-16(20(14)26)25(27,28)23(3,4)34)29-21-15-10-19-17(11-18(15)30-13(2)31-21)24(5,35)22(33)32(19)6/h7-12,34-35H,1-6H3,(H,29,30,31)/t12-,24?/m1/s1. The number of likely N-dealkylation sites (N-methyl/N-ethyl adjacent to an activating group) is 1. The van der Waals surface area contributed by atoms with Crippen molar-refractivity contribution in [3.63, 3.8) is 0 Å². The van der Waals surface area contributed by atoms with Crippen molar-refractivity contribution in [3.05, 3.63) is 58.7 Å². The molecule has 2 heterocycles. The molecular formula is C25H27F3N4O3. The number of aryl methyl sites for hydroxylation is 1. The zero-order valence-electron chi connectivity index (χ0n) is 20.2. The van der Waals surface area contributed by atoms with Gasteiger partial charge >= 0.3 is 5.92 Å². The van der Waals surface area contributed by atoms with Gasteiger partial charge in [-0.25, -0.2) is 14.4 Å². The normalized spacial score (nSPS) is 19.3. The molecule has 0 radical (unpaired) electrons. The van der Waals surface area contributed by atoms with Gasteiger partial charge in [-0.15, -0.1) is 0 Å². The lowest BCUT2D eigenvalue weighted by atomic mass is 9.91. The highest BCUT2D eigenvalue weighted by atomic mass is 19.3. The SMILES string of the molecule is Cc1nc(N[C@H](C)c2cccc(C(F)(F)C(C)(C)O)c2F)c2cc3c(cc2n1)C(C)(O)C(=O)N3C. The Morgan fingerprint density at radius 3 is 2.49 bits per heavy atom. The Labute approximate surface area is 200 Å². The number of aliphatic hydroxyl groups is 2. The first kappa shape index (κ1) is 24.9. The van der Waals surface area contributed by atoms with Crippen LogP contribution in [0.2, 0.25) is 0 Å². The van der Waals surface area contributed by atoms with E-state index in [1.807, 2.05) is 0 Å². The molecule has 3 N–H and O–H groups in total. The molecule has 1 aliphatic rings. The molecule has 10 heteroatoms. The fourth-order valence-corrected chi connectivity index (χ4v) is 4.35. The Balaban J connectivity index is 1.79. The number of nitrogens with one attached hydrogen (secondary N) is 1. The second-order valence-corrected chi connectivity index (χ2v) is 9.65. The van der Waals surface area contributed by atoms with E-state index in [1.54, 1.807) is 33.0 Å². The Kier molecular flexibility index (Phi) is 5.61. The molecule has 2 atom stereocenters.